The minimum Gasteiger partial charge on any atom is -0.450 e. The van der Waals surface area contributed by atoms with Crippen molar-refractivity contribution in [3.8, 4) is 0 Å². The molecule has 0 amide bonds. The summed E-state index contributed by atoms with van der Waals surface area (Å²) >= 11 is 3.35. The van der Waals surface area contributed by atoms with Crippen molar-refractivity contribution in [2.45, 2.75) is 0 Å². The number of carbonyl (C=O) groups is 2. The molecular weight excluding hydrogens is 437 g/mol. The molecule has 4 rings (SSSR count). The van der Waals surface area contributed by atoms with Crippen molar-refractivity contribution in [1.82, 2.24) is 0 Å². The van der Waals surface area contributed by atoms with Gasteiger partial charge < -0.3 is 9.73 Å². The van der Waals surface area contributed by atoms with Crippen LogP contribution >= 0.6 is 15.9 Å². The molecule has 0 aliphatic carbocycles. The van der Waals surface area contributed by atoms with Crippen molar-refractivity contribution in [2.24, 2.45) is 0 Å². The van der Waals surface area contributed by atoms with E-state index >= 15 is 0 Å². The maximum absolute atomic E-state index is 13.1. The van der Waals surface area contributed by atoms with E-state index < -0.39 is 5.82 Å². The normalized spacial score (nSPS) is 10.8. The minimum absolute atomic E-state index is 0.0597. The second kappa shape index (κ2) is 8.01. The van der Waals surface area contributed by atoms with Gasteiger partial charge in [-0.05, 0) is 60.7 Å². The molecule has 0 spiro atoms. The van der Waals surface area contributed by atoms with Gasteiger partial charge in [-0.2, -0.15) is 0 Å². The average Bonchev–Trinajstić information content (AvgIpc) is 3.11. The number of fused-ring (bicyclic) bond motifs is 1. The molecule has 0 radical (unpaired) electrons. The molecule has 0 aliphatic heterocycles. The lowest BCUT2D eigenvalue weighted by Crippen LogP contribution is -2.15. The van der Waals surface area contributed by atoms with Crippen molar-refractivity contribution in [2.75, 3.05) is 11.9 Å². The van der Waals surface area contributed by atoms with Gasteiger partial charge in [0.25, 0.3) is 0 Å². The van der Waals surface area contributed by atoms with Crippen molar-refractivity contribution < 1.29 is 18.4 Å². The Morgan fingerprint density at radius 2 is 1.55 bits per heavy atom. The fourth-order valence-corrected chi connectivity index (χ4v) is 3.28. The fraction of sp³-hybridized carbons (Fsp3) is 0.0435. The first-order valence-electron chi connectivity index (χ1n) is 8.87. The van der Waals surface area contributed by atoms with E-state index in [4.69, 9.17) is 4.42 Å². The number of rotatable bonds is 6. The molecular formula is C23H15BrFNO3. The fourth-order valence-electron chi connectivity index (χ4n) is 3.02. The highest BCUT2D eigenvalue weighted by Crippen LogP contribution is 2.32. The first-order valence-corrected chi connectivity index (χ1v) is 9.66. The van der Waals surface area contributed by atoms with Gasteiger partial charge in [-0.15, -0.1) is 0 Å². The van der Waals surface area contributed by atoms with Crippen molar-refractivity contribution >= 4 is 44.2 Å². The van der Waals surface area contributed by atoms with Crippen molar-refractivity contribution in [1.29, 1.82) is 0 Å². The number of halogens is 2. The first kappa shape index (κ1) is 19.1. The van der Waals surface area contributed by atoms with Crippen LogP contribution in [0.1, 0.15) is 26.5 Å². The van der Waals surface area contributed by atoms with Gasteiger partial charge in [-0.3, -0.25) is 9.59 Å². The number of Topliss-reactive ketones (excluding diaryl/α,β-unsaturated/α-hetero) is 1. The number of ketones is 2. The maximum Gasteiger partial charge on any atom is 0.230 e. The SMILES string of the molecule is O=C(CNc1c(C(=O)c2ccc(Br)cc2)oc2ccccc12)c1ccc(F)cc1. The van der Waals surface area contributed by atoms with Crippen LogP contribution in [-0.4, -0.2) is 18.1 Å². The lowest BCUT2D eigenvalue weighted by atomic mass is 10.1. The van der Waals surface area contributed by atoms with E-state index in [0.717, 1.165) is 4.47 Å². The van der Waals surface area contributed by atoms with Gasteiger partial charge in [0.1, 0.15) is 11.4 Å². The number of hydrogen-bond donors (Lipinski definition) is 1. The standard InChI is InChI=1S/C23H15BrFNO3/c24-16-9-5-15(6-10-16)22(28)23-21(18-3-1-2-4-20(18)29-23)26-13-19(27)14-7-11-17(25)12-8-14/h1-12,26H,13H2. The number of nitrogens with one attached hydrogen (secondary N) is 1. The van der Waals surface area contributed by atoms with Gasteiger partial charge in [0.15, 0.2) is 11.5 Å². The molecule has 0 aliphatic rings. The van der Waals surface area contributed by atoms with Crippen LogP contribution in [-0.2, 0) is 0 Å². The third kappa shape index (κ3) is 3.98. The van der Waals surface area contributed by atoms with Crippen molar-refractivity contribution in [3.63, 3.8) is 0 Å². The molecule has 1 heterocycles. The zero-order chi connectivity index (χ0) is 20.4. The molecule has 0 atom stereocenters. The van der Waals surface area contributed by atoms with Crippen LogP contribution in [0.2, 0.25) is 0 Å². The molecule has 1 aromatic heterocycles. The molecule has 0 unspecified atom stereocenters. The molecule has 144 valence electrons. The minimum atomic E-state index is -0.405. The molecule has 1 N–H and O–H groups in total. The summed E-state index contributed by atoms with van der Waals surface area (Å²) in [6, 6.07) is 19.5. The van der Waals surface area contributed by atoms with E-state index in [1.54, 1.807) is 30.3 Å². The zero-order valence-electron chi connectivity index (χ0n) is 15.1. The second-order valence-corrected chi connectivity index (χ2v) is 7.34. The third-order valence-corrected chi connectivity index (χ3v) is 5.03. The van der Waals surface area contributed by atoms with E-state index in [9.17, 15) is 14.0 Å². The summed E-state index contributed by atoms with van der Waals surface area (Å²) in [6.45, 7) is -0.0597. The van der Waals surface area contributed by atoms with Crippen LogP contribution in [0.3, 0.4) is 0 Å². The van der Waals surface area contributed by atoms with Gasteiger partial charge in [0.2, 0.25) is 5.78 Å². The van der Waals surface area contributed by atoms with Crippen LogP contribution in [0.4, 0.5) is 10.1 Å². The lowest BCUT2D eigenvalue weighted by Gasteiger charge is -2.07. The summed E-state index contributed by atoms with van der Waals surface area (Å²) in [5, 5.41) is 3.75. The van der Waals surface area contributed by atoms with Crippen LogP contribution < -0.4 is 5.32 Å². The highest BCUT2D eigenvalue weighted by Gasteiger charge is 2.22. The van der Waals surface area contributed by atoms with Gasteiger partial charge in [0, 0.05) is 21.0 Å². The number of para-hydroxylation sites is 1. The van der Waals surface area contributed by atoms with Gasteiger partial charge in [0.05, 0.1) is 12.2 Å². The lowest BCUT2D eigenvalue weighted by molar-refractivity contribution is 0.0997. The Labute approximate surface area is 174 Å². The molecule has 3 aromatic carbocycles. The number of hydrogen-bond acceptors (Lipinski definition) is 4. The monoisotopic (exact) mass is 451 g/mol. The van der Waals surface area contributed by atoms with Gasteiger partial charge >= 0.3 is 0 Å². The number of anilines is 1. The Morgan fingerprint density at radius 3 is 2.28 bits per heavy atom. The topological polar surface area (TPSA) is 59.3 Å². The van der Waals surface area contributed by atoms with Gasteiger partial charge in [-0.25, -0.2) is 4.39 Å². The molecule has 4 nitrogen and oxygen atoms in total. The molecule has 6 heteroatoms. The Balaban J connectivity index is 1.66. The maximum atomic E-state index is 13.1. The predicted molar refractivity (Wildman–Crippen MR) is 113 cm³/mol. The second-order valence-electron chi connectivity index (χ2n) is 6.42. The quantitative estimate of drug-likeness (QED) is 0.373. The summed E-state index contributed by atoms with van der Waals surface area (Å²) in [6.07, 6.45) is 0. The summed E-state index contributed by atoms with van der Waals surface area (Å²) in [4.78, 5) is 25.5. The number of carbonyl (C=O) groups excluding carboxylic acids is 2. The first-order chi connectivity index (χ1) is 14.0. The van der Waals surface area contributed by atoms with Crippen LogP contribution in [0, 0.1) is 5.82 Å². The van der Waals surface area contributed by atoms with E-state index in [0.29, 0.717) is 27.8 Å². The smallest absolute Gasteiger partial charge is 0.230 e. The van der Waals surface area contributed by atoms with E-state index in [1.807, 2.05) is 18.2 Å². The predicted octanol–water partition coefficient (Wildman–Crippen LogP) is 5.86. The number of furan rings is 1. The van der Waals surface area contributed by atoms with Crippen LogP contribution in [0.25, 0.3) is 11.0 Å². The molecule has 0 saturated heterocycles. The molecule has 4 aromatic rings. The average molecular weight is 452 g/mol. The zero-order valence-corrected chi connectivity index (χ0v) is 16.7. The largest absolute Gasteiger partial charge is 0.450 e. The highest BCUT2D eigenvalue weighted by molar-refractivity contribution is 9.10. The van der Waals surface area contributed by atoms with E-state index in [1.165, 1.54) is 24.3 Å². The van der Waals surface area contributed by atoms with Crippen LogP contribution in [0.15, 0.2) is 81.7 Å². The Hall–Kier alpha value is -3.25. The van der Waals surface area contributed by atoms with Crippen molar-refractivity contribution in [3.05, 3.63) is 100.0 Å². The highest BCUT2D eigenvalue weighted by atomic mass is 79.9. The summed E-state index contributed by atoms with van der Waals surface area (Å²) in [5.41, 5.74) is 1.86. The number of benzene rings is 3. The summed E-state index contributed by atoms with van der Waals surface area (Å²) in [7, 11) is 0. The van der Waals surface area contributed by atoms with Gasteiger partial charge in [-0.1, -0.05) is 28.1 Å². The van der Waals surface area contributed by atoms with E-state index in [-0.39, 0.29) is 23.9 Å². The van der Waals surface area contributed by atoms with Crippen LogP contribution in [0.5, 0.6) is 0 Å². The molecule has 0 fully saturated rings. The third-order valence-electron chi connectivity index (χ3n) is 4.50. The molecule has 29 heavy (non-hydrogen) atoms. The summed E-state index contributed by atoms with van der Waals surface area (Å²) in [5.74, 6) is -0.777. The summed E-state index contributed by atoms with van der Waals surface area (Å²) < 4.78 is 19.8. The Bertz CT molecular complexity index is 1200. The Morgan fingerprint density at radius 1 is 0.897 bits per heavy atom. The molecule has 0 saturated carbocycles. The van der Waals surface area contributed by atoms with E-state index in [2.05, 4.69) is 21.2 Å². The molecule has 0 bridgehead atoms. The Kier molecular flexibility index (Phi) is 5.27.